The van der Waals surface area contributed by atoms with Crippen molar-refractivity contribution in [3.8, 4) is 0 Å². The van der Waals surface area contributed by atoms with Crippen molar-refractivity contribution < 1.29 is 0 Å². The average molecular weight is 184 g/mol. The van der Waals surface area contributed by atoms with E-state index >= 15 is 0 Å². The third-order valence-electron chi connectivity index (χ3n) is 1.81. The Bertz CT molecular complexity index is 196. The number of rotatable bonds is 5. The first kappa shape index (κ1) is 9.68. The summed E-state index contributed by atoms with van der Waals surface area (Å²) in [7, 11) is 2.14. The van der Waals surface area contributed by atoms with E-state index in [1.165, 1.54) is 5.56 Å². The maximum Gasteiger partial charge on any atom is 0.0245 e. The summed E-state index contributed by atoms with van der Waals surface area (Å²) < 4.78 is 0. The molecule has 0 radical (unpaired) electrons. The van der Waals surface area contributed by atoms with Gasteiger partial charge in [0.2, 0.25) is 0 Å². The first-order valence-electron chi connectivity index (χ1n) is 4.24. The van der Waals surface area contributed by atoms with Crippen LogP contribution < -0.4 is 0 Å². The van der Waals surface area contributed by atoms with Gasteiger partial charge in [0, 0.05) is 18.9 Å². The second kappa shape index (κ2) is 5.27. The predicted molar refractivity (Wildman–Crippen MR) is 55.6 cm³/mol. The monoisotopic (exact) mass is 184 g/mol. The summed E-state index contributed by atoms with van der Waals surface area (Å²) in [6, 6.07) is 2.11. The van der Waals surface area contributed by atoms with Gasteiger partial charge < -0.3 is 9.88 Å². The van der Waals surface area contributed by atoms with E-state index in [9.17, 15) is 0 Å². The molecule has 1 N–H and O–H groups in total. The first-order chi connectivity index (χ1) is 5.83. The molecule has 1 rings (SSSR count). The lowest BCUT2D eigenvalue weighted by atomic mass is 10.3. The van der Waals surface area contributed by atoms with Crippen molar-refractivity contribution in [1.82, 2.24) is 9.88 Å². The Morgan fingerprint density at radius 1 is 1.58 bits per heavy atom. The fourth-order valence-corrected chi connectivity index (χ4v) is 1.33. The molecule has 0 aliphatic carbocycles. The number of thiol groups is 1. The van der Waals surface area contributed by atoms with Gasteiger partial charge in [0.15, 0.2) is 0 Å². The number of nitrogens with one attached hydrogen (secondary N) is 1. The molecule has 1 heterocycles. The van der Waals surface area contributed by atoms with Crippen LogP contribution in [-0.4, -0.2) is 29.2 Å². The Kier molecular flexibility index (Phi) is 4.25. The number of hydrogen-bond acceptors (Lipinski definition) is 2. The smallest absolute Gasteiger partial charge is 0.0245 e. The van der Waals surface area contributed by atoms with Crippen LogP contribution in [0.25, 0.3) is 0 Å². The molecule has 0 bridgehead atoms. The van der Waals surface area contributed by atoms with Gasteiger partial charge in [0.1, 0.15) is 0 Å². The maximum absolute atomic E-state index is 4.18. The largest absolute Gasteiger partial charge is 0.367 e. The van der Waals surface area contributed by atoms with E-state index in [1.54, 1.807) is 0 Å². The van der Waals surface area contributed by atoms with Gasteiger partial charge >= 0.3 is 0 Å². The van der Waals surface area contributed by atoms with Crippen molar-refractivity contribution in [2.45, 2.75) is 13.0 Å². The van der Waals surface area contributed by atoms with Gasteiger partial charge in [-0.25, -0.2) is 0 Å². The van der Waals surface area contributed by atoms with Crippen LogP contribution in [0.4, 0.5) is 0 Å². The van der Waals surface area contributed by atoms with Crippen LogP contribution in [-0.2, 0) is 6.54 Å². The van der Waals surface area contributed by atoms with Crippen molar-refractivity contribution in [2.75, 3.05) is 19.3 Å². The van der Waals surface area contributed by atoms with Crippen LogP contribution in [0.1, 0.15) is 12.0 Å². The fourth-order valence-electron chi connectivity index (χ4n) is 1.19. The first-order valence-corrected chi connectivity index (χ1v) is 4.87. The van der Waals surface area contributed by atoms with E-state index in [2.05, 4.69) is 35.6 Å². The average Bonchev–Trinajstić information content (AvgIpc) is 2.53. The Morgan fingerprint density at radius 2 is 2.42 bits per heavy atom. The van der Waals surface area contributed by atoms with Gasteiger partial charge in [-0.15, -0.1) is 0 Å². The van der Waals surface area contributed by atoms with E-state index in [-0.39, 0.29) is 0 Å². The molecular weight excluding hydrogens is 168 g/mol. The topological polar surface area (TPSA) is 19.0 Å². The van der Waals surface area contributed by atoms with E-state index in [0.717, 1.165) is 25.3 Å². The van der Waals surface area contributed by atoms with E-state index in [4.69, 9.17) is 0 Å². The molecule has 0 aromatic carbocycles. The quantitative estimate of drug-likeness (QED) is 0.668. The van der Waals surface area contributed by atoms with E-state index in [1.807, 2.05) is 12.4 Å². The highest BCUT2D eigenvalue weighted by molar-refractivity contribution is 7.80. The zero-order chi connectivity index (χ0) is 8.81. The van der Waals surface area contributed by atoms with Crippen molar-refractivity contribution in [2.24, 2.45) is 0 Å². The lowest BCUT2D eigenvalue weighted by Gasteiger charge is -2.14. The van der Waals surface area contributed by atoms with Gasteiger partial charge in [-0.1, -0.05) is 0 Å². The van der Waals surface area contributed by atoms with Crippen molar-refractivity contribution in [3.63, 3.8) is 0 Å². The Labute approximate surface area is 79.4 Å². The van der Waals surface area contributed by atoms with Crippen LogP contribution in [0.15, 0.2) is 18.5 Å². The zero-order valence-corrected chi connectivity index (χ0v) is 8.35. The molecule has 0 aliphatic heterocycles. The van der Waals surface area contributed by atoms with Gasteiger partial charge in [0.25, 0.3) is 0 Å². The second-order valence-electron chi connectivity index (χ2n) is 3.03. The minimum absolute atomic E-state index is 0.970. The van der Waals surface area contributed by atoms with E-state index in [0.29, 0.717) is 0 Å². The molecule has 1 aromatic rings. The lowest BCUT2D eigenvalue weighted by Crippen LogP contribution is -2.18. The molecule has 0 fully saturated rings. The normalized spacial score (nSPS) is 10.9. The van der Waals surface area contributed by atoms with Gasteiger partial charge in [-0.3, -0.25) is 0 Å². The van der Waals surface area contributed by atoms with Crippen LogP contribution >= 0.6 is 12.6 Å². The highest BCUT2D eigenvalue weighted by Gasteiger charge is 1.98. The van der Waals surface area contributed by atoms with Crippen molar-refractivity contribution >= 4 is 12.6 Å². The van der Waals surface area contributed by atoms with Crippen molar-refractivity contribution in [1.29, 1.82) is 0 Å². The van der Waals surface area contributed by atoms with Crippen LogP contribution in [0.3, 0.4) is 0 Å². The Balaban J connectivity index is 2.22. The summed E-state index contributed by atoms with van der Waals surface area (Å²) >= 11 is 4.18. The standard InChI is InChI=1S/C9H16N2S/c1-11(5-2-6-12)8-9-3-4-10-7-9/h3-4,7,10,12H,2,5-6,8H2,1H3. The summed E-state index contributed by atoms with van der Waals surface area (Å²) in [4.78, 5) is 5.35. The maximum atomic E-state index is 4.18. The minimum Gasteiger partial charge on any atom is -0.367 e. The summed E-state index contributed by atoms with van der Waals surface area (Å²) in [6.07, 6.45) is 5.16. The number of hydrogen-bond donors (Lipinski definition) is 2. The third-order valence-corrected chi connectivity index (χ3v) is 2.13. The van der Waals surface area contributed by atoms with Crippen LogP contribution in [0.2, 0.25) is 0 Å². The Hall–Kier alpha value is -0.410. The SMILES string of the molecule is CN(CCCS)Cc1cc[nH]c1. The molecule has 68 valence electrons. The van der Waals surface area contributed by atoms with Gasteiger partial charge in [-0.05, 0) is 37.4 Å². The Morgan fingerprint density at radius 3 is 3.00 bits per heavy atom. The highest BCUT2D eigenvalue weighted by atomic mass is 32.1. The summed E-state index contributed by atoms with van der Waals surface area (Å²) in [5.74, 6) is 0.970. The predicted octanol–water partition coefficient (Wildman–Crippen LogP) is 1.77. The molecular formula is C9H16N2S. The molecule has 1 aromatic heterocycles. The molecule has 2 nitrogen and oxygen atoms in total. The molecule has 0 atom stereocenters. The lowest BCUT2D eigenvalue weighted by molar-refractivity contribution is 0.329. The van der Waals surface area contributed by atoms with Gasteiger partial charge in [-0.2, -0.15) is 12.6 Å². The molecule has 12 heavy (non-hydrogen) atoms. The molecule has 3 heteroatoms. The molecule has 0 amide bonds. The number of nitrogens with zero attached hydrogens (tertiary/aromatic N) is 1. The molecule has 0 unspecified atom stereocenters. The summed E-state index contributed by atoms with van der Waals surface area (Å²) in [5.41, 5.74) is 1.34. The number of aromatic nitrogens is 1. The van der Waals surface area contributed by atoms with E-state index < -0.39 is 0 Å². The van der Waals surface area contributed by atoms with Gasteiger partial charge in [0.05, 0.1) is 0 Å². The third kappa shape index (κ3) is 3.32. The van der Waals surface area contributed by atoms with Crippen LogP contribution in [0.5, 0.6) is 0 Å². The summed E-state index contributed by atoms with van der Waals surface area (Å²) in [6.45, 7) is 2.14. The molecule has 0 saturated heterocycles. The van der Waals surface area contributed by atoms with Crippen LogP contribution in [0, 0.1) is 0 Å². The zero-order valence-electron chi connectivity index (χ0n) is 7.45. The molecule has 0 saturated carbocycles. The fraction of sp³-hybridized carbons (Fsp3) is 0.556. The molecule has 0 aliphatic rings. The minimum atomic E-state index is 0.970. The molecule has 0 spiro atoms. The second-order valence-corrected chi connectivity index (χ2v) is 3.48. The summed E-state index contributed by atoms with van der Waals surface area (Å²) in [5, 5.41) is 0. The number of H-pyrrole nitrogens is 1. The number of aromatic amines is 1. The highest BCUT2D eigenvalue weighted by Crippen LogP contribution is 2.01. The van der Waals surface area contributed by atoms with Crippen molar-refractivity contribution in [3.05, 3.63) is 24.0 Å².